The molecule has 0 fully saturated rings. The summed E-state index contributed by atoms with van der Waals surface area (Å²) in [5.41, 5.74) is 1.30. The third kappa shape index (κ3) is 4.12. The van der Waals surface area contributed by atoms with E-state index in [4.69, 9.17) is 0 Å². The van der Waals surface area contributed by atoms with Crippen molar-refractivity contribution in [3.63, 3.8) is 0 Å². The summed E-state index contributed by atoms with van der Waals surface area (Å²) in [7, 11) is -3.95. The number of hydrogen-bond donors (Lipinski definition) is 1. The molecular weight excluding hydrogens is 385 g/mol. The first-order valence-electron chi connectivity index (χ1n) is 7.41. The van der Waals surface area contributed by atoms with E-state index < -0.39 is 21.8 Å². The number of rotatable bonds is 5. The molecule has 0 unspecified atom stereocenters. The van der Waals surface area contributed by atoms with Gasteiger partial charge < -0.3 is 0 Å². The van der Waals surface area contributed by atoms with Gasteiger partial charge in [0.25, 0.3) is 0 Å². The molecule has 1 N–H and O–H groups in total. The second-order valence-electron chi connectivity index (χ2n) is 5.37. The molecule has 26 heavy (non-hydrogen) atoms. The number of aromatic nitrogens is 1. The number of nitrogens with one attached hydrogen (secondary N) is 1. The van der Waals surface area contributed by atoms with Crippen molar-refractivity contribution in [2.24, 2.45) is 0 Å². The Kier molecular flexibility index (Phi) is 5.12. The second kappa shape index (κ2) is 7.18. The maximum Gasteiger partial charge on any atom is 0.416 e. The van der Waals surface area contributed by atoms with Crippen LogP contribution in [-0.4, -0.2) is 13.4 Å². The molecular formula is C17H13F3N2O2S2. The number of sulfonamides is 1. The first-order chi connectivity index (χ1) is 12.3. The molecule has 0 saturated carbocycles. The molecule has 2 heterocycles. The first-order valence-corrected chi connectivity index (χ1v) is 9.83. The minimum atomic E-state index is -4.51. The van der Waals surface area contributed by atoms with Crippen LogP contribution in [0, 0.1) is 0 Å². The number of nitrogens with zero attached hydrogens (tertiary/aromatic N) is 1. The Labute approximate surface area is 152 Å². The molecule has 0 aliphatic heterocycles. The lowest BCUT2D eigenvalue weighted by Gasteiger charge is -2.11. The van der Waals surface area contributed by atoms with Crippen molar-refractivity contribution in [2.75, 3.05) is 0 Å². The van der Waals surface area contributed by atoms with Crippen LogP contribution >= 0.6 is 11.3 Å². The van der Waals surface area contributed by atoms with Crippen LogP contribution in [0.1, 0.15) is 11.1 Å². The summed E-state index contributed by atoms with van der Waals surface area (Å²) in [5.74, 6) is 0. The smallest absolute Gasteiger partial charge is 0.256 e. The van der Waals surface area contributed by atoms with Gasteiger partial charge in [-0.1, -0.05) is 6.07 Å². The van der Waals surface area contributed by atoms with Gasteiger partial charge in [0.2, 0.25) is 10.0 Å². The van der Waals surface area contributed by atoms with E-state index in [0.717, 1.165) is 29.8 Å². The fourth-order valence-corrected chi connectivity index (χ4v) is 3.97. The second-order valence-corrected chi connectivity index (χ2v) is 7.92. The van der Waals surface area contributed by atoms with E-state index in [-0.39, 0.29) is 11.4 Å². The van der Waals surface area contributed by atoms with Crippen molar-refractivity contribution in [3.8, 4) is 11.3 Å². The van der Waals surface area contributed by atoms with Crippen LogP contribution in [-0.2, 0) is 22.7 Å². The van der Waals surface area contributed by atoms with Crippen LogP contribution in [0.4, 0.5) is 13.2 Å². The van der Waals surface area contributed by atoms with Crippen molar-refractivity contribution in [3.05, 3.63) is 70.5 Å². The van der Waals surface area contributed by atoms with Gasteiger partial charge in [-0.2, -0.15) is 24.5 Å². The van der Waals surface area contributed by atoms with Crippen LogP contribution in [0.25, 0.3) is 11.3 Å². The minimum absolute atomic E-state index is 0.0254. The molecule has 9 heteroatoms. The maximum absolute atomic E-state index is 12.6. The molecule has 136 valence electrons. The molecule has 0 aliphatic carbocycles. The van der Waals surface area contributed by atoms with E-state index in [1.807, 2.05) is 16.8 Å². The number of hydrogen-bond acceptors (Lipinski definition) is 4. The predicted octanol–water partition coefficient (Wildman–Crippen LogP) is 4.31. The summed E-state index contributed by atoms with van der Waals surface area (Å²) in [6, 6.07) is 8.68. The number of benzene rings is 1. The van der Waals surface area contributed by atoms with Crippen molar-refractivity contribution < 1.29 is 21.6 Å². The SMILES string of the molecule is O=S(=O)(NCc1cccnc1-c1ccsc1)c1ccc(C(F)(F)F)cc1. The normalized spacial score (nSPS) is 12.3. The molecule has 0 aliphatic rings. The van der Waals surface area contributed by atoms with E-state index >= 15 is 0 Å². The summed E-state index contributed by atoms with van der Waals surface area (Å²) in [5, 5.41) is 3.79. The van der Waals surface area contributed by atoms with Gasteiger partial charge in [-0.05, 0) is 47.3 Å². The molecule has 0 saturated heterocycles. The Hall–Kier alpha value is -2.23. The highest BCUT2D eigenvalue weighted by Crippen LogP contribution is 2.30. The molecule has 2 aromatic heterocycles. The Morgan fingerprint density at radius 3 is 2.42 bits per heavy atom. The fourth-order valence-electron chi connectivity index (χ4n) is 2.32. The monoisotopic (exact) mass is 398 g/mol. The van der Waals surface area contributed by atoms with Crippen LogP contribution in [0.2, 0.25) is 0 Å². The average molecular weight is 398 g/mol. The lowest BCUT2D eigenvalue weighted by Crippen LogP contribution is -2.23. The third-order valence-corrected chi connectivity index (χ3v) is 5.73. The topological polar surface area (TPSA) is 59.1 Å². The van der Waals surface area contributed by atoms with Crippen LogP contribution in [0.5, 0.6) is 0 Å². The van der Waals surface area contributed by atoms with Gasteiger partial charge in [-0.3, -0.25) is 4.98 Å². The molecule has 3 rings (SSSR count). The van der Waals surface area contributed by atoms with Gasteiger partial charge in [0, 0.05) is 23.7 Å². The van der Waals surface area contributed by atoms with Crippen molar-refractivity contribution in [1.29, 1.82) is 0 Å². The summed E-state index contributed by atoms with van der Waals surface area (Å²) in [4.78, 5) is 4.05. The molecule has 0 atom stereocenters. The zero-order chi connectivity index (χ0) is 18.8. The Balaban J connectivity index is 1.80. The van der Waals surface area contributed by atoms with E-state index in [2.05, 4.69) is 9.71 Å². The molecule has 0 amide bonds. The summed E-state index contributed by atoms with van der Waals surface area (Å²) in [6.45, 7) is -0.0254. The van der Waals surface area contributed by atoms with Gasteiger partial charge in [-0.25, -0.2) is 13.1 Å². The first kappa shape index (κ1) is 18.6. The van der Waals surface area contributed by atoms with Crippen molar-refractivity contribution in [2.45, 2.75) is 17.6 Å². The predicted molar refractivity (Wildman–Crippen MR) is 93.0 cm³/mol. The Morgan fingerprint density at radius 1 is 1.08 bits per heavy atom. The van der Waals surface area contributed by atoms with Gasteiger partial charge in [0.05, 0.1) is 16.2 Å². The highest BCUT2D eigenvalue weighted by molar-refractivity contribution is 7.89. The van der Waals surface area contributed by atoms with Crippen molar-refractivity contribution in [1.82, 2.24) is 9.71 Å². The van der Waals surface area contributed by atoms with Gasteiger partial charge >= 0.3 is 6.18 Å². The zero-order valence-corrected chi connectivity index (χ0v) is 14.8. The molecule has 0 radical (unpaired) electrons. The van der Waals surface area contributed by atoms with E-state index in [1.54, 1.807) is 18.3 Å². The van der Waals surface area contributed by atoms with E-state index in [0.29, 0.717) is 11.3 Å². The van der Waals surface area contributed by atoms with E-state index in [1.165, 1.54) is 11.3 Å². The lowest BCUT2D eigenvalue weighted by molar-refractivity contribution is -0.137. The highest BCUT2D eigenvalue weighted by atomic mass is 32.2. The third-order valence-electron chi connectivity index (χ3n) is 3.63. The van der Waals surface area contributed by atoms with E-state index in [9.17, 15) is 21.6 Å². The van der Waals surface area contributed by atoms with Crippen LogP contribution in [0.3, 0.4) is 0 Å². The summed E-state index contributed by atoms with van der Waals surface area (Å²) < 4.78 is 64.9. The van der Waals surface area contributed by atoms with Gasteiger partial charge in [0.15, 0.2) is 0 Å². The van der Waals surface area contributed by atoms with Gasteiger partial charge in [0.1, 0.15) is 0 Å². The minimum Gasteiger partial charge on any atom is -0.256 e. The highest BCUT2D eigenvalue weighted by Gasteiger charge is 2.30. The largest absolute Gasteiger partial charge is 0.416 e. The van der Waals surface area contributed by atoms with Gasteiger partial charge in [-0.15, -0.1) is 0 Å². The molecule has 3 aromatic rings. The fraction of sp³-hybridized carbons (Fsp3) is 0.118. The summed E-state index contributed by atoms with van der Waals surface area (Å²) in [6.07, 6.45) is -2.90. The molecule has 1 aromatic carbocycles. The molecule has 0 spiro atoms. The number of thiophene rings is 1. The molecule has 0 bridgehead atoms. The lowest BCUT2D eigenvalue weighted by atomic mass is 10.1. The maximum atomic E-state index is 12.6. The van der Waals surface area contributed by atoms with Crippen molar-refractivity contribution >= 4 is 21.4 Å². The Bertz CT molecular complexity index is 984. The standard InChI is InChI=1S/C17H13F3N2O2S2/c18-17(19,20)14-3-5-15(6-4-14)26(23,24)22-10-12-2-1-8-21-16(12)13-7-9-25-11-13/h1-9,11,22H,10H2. The number of halogens is 3. The zero-order valence-electron chi connectivity index (χ0n) is 13.2. The Morgan fingerprint density at radius 2 is 1.81 bits per heavy atom. The van der Waals surface area contributed by atoms with Crippen LogP contribution < -0.4 is 4.72 Å². The quantitative estimate of drug-likeness (QED) is 0.697. The van der Waals surface area contributed by atoms with Crippen LogP contribution in [0.15, 0.2) is 64.3 Å². The molecule has 4 nitrogen and oxygen atoms in total. The number of alkyl halides is 3. The summed E-state index contributed by atoms with van der Waals surface area (Å²) >= 11 is 1.50. The number of pyridine rings is 1. The average Bonchev–Trinajstić information content (AvgIpc) is 3.14.